The summed E-state index contributed by atoms with van der Waals surface area (Å²) in [5, 5.41) is 7.81. The number of hydrogen-bond acceptors (Lipinski definition) is 7. The highest BCUT2D eigenvalue weighted by molar-refractivity contribution is 5.75. The van der Waals surface area contributed by atoms with Gasteiger partial charge in [0, 0.05) is 23.7 Å². The molecule has 0 unspecified atom stereocenters. The van der Waals surface area contributed by atoms with Gasteiger partial charge in [-0.15, -0.1) is 0 Å². The van der Waals surface area contributed by atoms with Gasteiger partial charge in [0.15, 0.2) is 17.2 Å². The highest BCUT2D eigenvalue weighted by atomic mass is 19.1. The SMILES string of the molecule is C=C1N[C@@H](C)CCOc2ncc(F)cc2CN2c3nc4c1cnn4cc3OC[C@H]2C. The molecule has 3 aromatic heterocycles. The average molecular weight is 410 g/mol. The fourth-order valence-electron chi connectivity index (χ4n) is 3.82. The molecule has 0 amide bonds. The van der Waals surface area contributed by atoms with Gasteiger partial charge in [0.25, 0.3) is 0 Å². The minimum atomic E-state index is -0.396. The van der Waals surface area contributed by atoms with Gasteiger partial charge in [0.2, 0.25) is 5.88 Å². The fourth-order valence-corrected chi connectivity index (χ4v) is 3.82. The molecule has 5 heterocycles. The van der Waals surface area contributed by atoms with E-state index < -0.39 is 5.82 Å². The Labute approximate surface area is 173 Å². The maximum atomic E-state index is 14.0. The monoisotopic (exact) mass is 410 g/mol. The lowest BCUT2D eigenvalue weighted by molar-refractivity contribution is 0.261. The van der Waals surface area contributed by atoms with Gasteiger partial charge in [0.05, 0.1) is 43.3 Å². The first-order valence-corrected chi connectivity index (χ1v) is 10.0. The molecule has 1 N–H and O–H groups in total. The Morgan fingerprint density at radius 3 is 3.00 bits per heavy atom. The van der Waals surface area contributed by atoms with E-state index >= 15 is 0 Å². The van der Waals surface area contributed by atoms with E-state index in [0.717, 1.165) is 17.7 Å². The highest BCUT2D eigenvalue weighted by Gasteiger charge is 2.29. The maximum Gasteiger partial charge on any atom is 0.218 e. The molecule has 5 rings (SSSR count). The van der Waals surface area contributed by atoms with Crippen molar-refractivity contribution in [3.8, 4) is 11.6 Å². The van der Waals surface area contributed by atoms with Crippen LogP contribution in [0.2, 0.25) is 0 Å². The lowest BCUT2D eigenvalue weighted by atomic mass is 10.1. The molecule has 3 aromatic rings. The number of ether oxygens (including phenoxy) is 2. The summed E-state index contributed by atoms with van der Waals surface area (Å²) in [6.45, 7) is 9.61. The molecule has 0 aliphatic carbocycles. The largest absolute Gasteiger partial charge is 0.486 e. The average Bonchev–Trinajstić information content (AvgIpc) is 3.13. The smallest absolute Gasteiger partial charge is 0.218 e. The zero-order valence-corrected chi connectivity index (χ0v) is 16.9. The van der Waals surface area contributed by atoms with Crippen LogP contribution in [-0.4, -0.2) is 44.9 Å². The normalized spacial score (nSPS) is 21.4. The number of anilines is 1. The minimum Gasteiger partial charge on any atom is -0.486 e. The molecule has 30 heavy (non-hydrogen) atoms. The first-order valence-electron chi connectivity index (χ1n) is 10.0. The quantitative estimate of drug-likeness (QED) is 0.611. The molecule has 0 saturated heterocycles. The molecule has 2 aliphatic rings. The van der Waals surface area contributed by atoms with E-state index in [1.54, 1.807) is 10.7 Å². The summed E-state index contributed by atoms with van der Waals surface area (Å²) in [7, 11) is 0. The Bertz CT molecular complexity index is 1130. The molecule has 0 radical (unpaired) electrons. The van der Waals surface area contributed by atoms with Crippen molar-refractivity contribution >= 4 is 17.2 Å². The Balaban J connectivity index is 1.67. The van der Waals surface area contributed by atoms with Gasteiger partial charge in [-0.05, 0) is 19.9 Å². The third kappa shape index (κ3) is 3.20. The van der Waals surface area contributed by atoms with Crippen molar-refractivity contribution < 1.29 is 13.9 Å². The van der Waals surface area contributed by atoms with Crippen LogP contribution in [0.5, 0.6) is 11.6 Å². The first-order chi connectivity index (χ1) is 14.5. The summed E-state index contributed by atoms with van der Waals surface area (Å²) in [4.78, 5) is 11.1. The summed E-state index contributed by atoms with van der Waals surface area (Å²) in [6, 6.07) is 1.61. The molecule has 156 valence electrons. The molecule has 2 atom stereocenters. The van der Waals surface area contributed by atoms with Gasteiger partial charge in [-0.1, -0.05) is 6.58 Å². The molecule has 0 aromatic carbocycles. The molecule has 2 bridgehead atoms. The summed E-state index contributed by atoms with van der Waals surface area (Å²) in [6.07, 6.45) is 5.49. The van der Waals surface area contributed by atoms with E-state index in [1.807, 2.05) is 13.1 Å². The minimum absolute atomic E-state index is 0.0317. The first kappa shape index (κ1) is 18.7. The molecule has 2 aliphatic heterocycles. The number of nitrogens with one attached hydrogen (secondary N) is 1. The number of nitrogens with zero attached hydrogens (tertiary/aromatic N) is 5. The van der Waals surface area contributed by atoms with Gasteiger partial charge < -0.3 is 19.7 Å². The van der Waals surface area contributed by atoms with Crippen molar-refractivity contribution in [2.45, 2.75) is 38.9 Å². The molecule has 0 fully saturated rings. The lowest BCUT2D eigenvalue weighted by Gasteiger charge is -2.36. The van der Waals surface area contributed by atoms with E-state index in [-0.39, 0.29) is 12.1 Å². The van der Waals surface area contributed by atoms with Crippen LogP contribution in [0, 0.1) is 5.82 Å². The zero-order valence-electron chi connectivity index (χ0n) is 16.9. The number of rotatable bonds is 0. The van der Waals surface area contributed by atoms with Crippen LogP contribution in [0.3, 0.4) is 0 Å². The van der Waals surface area contributed by atoms with E-state index in [0.29, 0.717) is 48.4 Å². The second-order valence-corrected chi connectivity index (χ2v) is 7.82. The number of fused-ring (bicyclic) bond motifs is 1. The van der Waals surface area contributed by atoms with Crippen LogP contribution in [0.4, 0.5) is 10.2 Å². The maximum absolute atomic E-state index is 14.0. The topological polar surface area (TPSA) is 76.8 Å². The molecule has 0 saturated carbocycles. The number of pyridine rings is 1. The Hall–Kier alpha value is -3.36. The lowest BCUT2D eigenvalue weighted by Crippen LogP contribution is -2.41. The fraction of sp³-hybridized carbons (Fsp3) is 0.381. The van der Waals surface area contributed by atoms with Crippen LogP contribution in [0.15, 0.2) is 31.2 Å². The molecular formula is C21H23FN6O2. The van der Waals surface area contributed by atoms with Crippen molar-refractivity contribution in [1.82, 2.24) is 24.9 Å². The third-order valence-corrected chi connectivity index (χ3v) is 5.49. The summed E-state index contributed by atoms with van der Waals surface area (Å²) < 4.78 is 27.5. The third-order valence-electron chi connectivity index (χ3n) is 5.49. The van der Waals surface area contributed by atoms with Crippen LogP contribution in [-0.2, 0) is 6.54 Å². The van der Waals surface area contributed by atoms with Gasteiger partial charge in [-0.3, -0.25) is 0 Å². The van der Waals surface area contributed by atoms with Crippen LogP contribution >= 0.6 is 0 Å². The van der Waals surface area contributed by atoms with Crippen molar-refractivity contribution in [2.24, 2.45) is 0 Å². The Morgan fingerprint density at radius 2 is 2.13 bits per heavy atom. The molecular weight excluding hydrogens is 387 g/mol. The Kier molecular flexibility index (Phi) is 4.45. The van der Waals surface area contributed by atoms with Gasteiger partial charge in [0.1, 0.15) is 12.4 Å². The number of halogens is 1. The van der Waals surface area contributed by atoms with Gasteiger partial charge in [-0.25, -0.2) is 18.9 Å². The Morgan fingerprint density at radius 1 is 1.27 bits per heavy atom. The summed E-state index contributed by atoms with van der Waals surface area (Å²) >= 11 is 0. The van der Waals surface area contributed by atoms with Gasteiger partial charge >= 0.3 is 0 Å². The van der Waals surface area contributed by atoms with Crippen LogP contribution in [0.25, 0.3) is 11.3 Å². The van der Waals surface area contributed by atoms with Crippen molar-refractivity contribution in [1.29, 1.82) is 0 Å². The summed E-state index contributed by atoms with van der Waals surface area (Å²) in [5.41, 5.74) is 2.94. The second kappa shape index (κ2) is 7.16. The van der Waals surface area contributed by atoms with Crippen molar-refractivity contribution in [3.05, 3.63) is 48.2 Å². The van der Waals surface area contributed by atoms with E-state index in [9.17, 15) is 4.39 Å². The van der Waals surface area contributed by atoms with E-state index in [2.05, 4.69) is 33.8 Å². The predicted molar refractivity (Wildman–Crippen MR) is 110 cm³/mol. The van der Waals surface area contributed by atoms with E-state index in [4.69, 9.17) is 14.5 Å². The van der Waals surface area contributed by atoms with Crippen LogP contribution in [0.1, 0.15) is 31.4 Å². The molecule has 0 spiro atoms. The van der Waals surface area contributed by atoms with Crippen LogP contribution < -0.4 is 19.7 Å². The summed E-state index contributed by atoms with van der Waals surface area (Å²) in [5.74, 6) is 1.34. The highest BCUT2D eigenvalue weighted by Crippen LogP contribution is 2.35. The van der Waals surface area contributed by atoms with E-state index in [1.165, 1.54) is 12.3 Å². The predicted octanol–water partition coefficient (Wildman–Crippen LogP) is 2.78. The standard InChI is InChI=1S/C21H23FN6O2/c1-12-4-5-29-21-15(6-16(22)7-23-21)9-27-13(2)11-30-18-10-28-19(26-20(18)27)17(8-24-28)14(3)25-12/h6-8,10,12-13,25H,3-5,9,11H2,1-2H3/t12-,13+/m0/s1. The zero-order chi connectivity index (χ0) is 20.8. The number of hydrogen-bond donors (Lipinski definition) is 1. The van der Waals surface area contributed by atoms with Crippen molar-refractivity contribution in [2.75, 3.05) is 18.1 Å². The molecule has 8 nitrogen and oxygen atoms in total. The second-order valence-electron chi connectivity index (χ2n) is 7.82. The van der Waals surface area contributed by atoms with Gasteiger partial charge in [-0.2, -0.15) is 5.10 Å². The molecule has 9 heteroatoms. The number of aromatic nitrogens is 4. The van der Waals surface area contributed by atoms with Crippen molar-refractivity contribution in [3.63, 3.8) is 0 Å².